The van der Waals surface area contributed by atoms with E-state index in [2.05, 4.69) is 26.2 Å². The van der Waals surface area contributed by atoms with Gasteiger partial charge < -0.3 is 5.32 Å². The van der Waals surface area contributed by atoms with Gasteiger partial charge in [-0.1, -0.05) is 25.3 Å². The minimum Gasteiger partial charge on any atom is -0.351 e. The Balaban J connectivity index is 1.96. The van der Waals surface area contributed by atoms with Crippen LogP contribution in [0.1, 0.15) is 37.8 Å². The number of rotatable bonds is 4. The maximum atomic E-state index is 12.1. The lowest BCUT2D eigenvalue weighted by atomic mass is 9.89. The largest absolute Gasteiger partial charge is 0.351 e. The Morgan fingerprint density at radius 3 is 2.86 bits per heavy atom. The zero-order chi connectivity index (χ0) is 15.1. The fourth-order valence-corrected chi connectivity index (χ4v) is 2.88. The molecular weight excluding hydrogens is 330 g/mol. The predicted octanol–water partition coefficient (Wildman–Crippen LogP) is 3.45. The Morgan fingerprint density at radius 1 is 1.43 bits per heavy atom. The molecule has 0 aliphatic heterocycles. The van der Waals surface area contributed by atoms with Crippen molar-refractivity contribution in [3.63, 3.8) is 0 Å². The number of pyridine rings is 1. The predicted molar refractivity (Wildman–Crippen MR) is 85.1 cm³/mol. The van der Waals surface area contributed by atoms with Crippen molar-refractivity contribution in [2.45, 2.75) is 32.1 Å². The van der Waals surface area contributed by atoms with E-state index >= 15 is 0 Å². The lowest BCUT2D eigenvalue weighted by molar-refractivity contribution is -0.117. The van der Waals surface area contributed by atoms with Gasteiger partial charge in [0.15, 0.2) is 0 Å². The third-order valence-electron chi connectivity index (χ3n) is 3.67. The van der Waals surface area contributed by atoms with Crippen molar-refractivity contribution in [3.8, 4) is 6.07 Å². The van der Waals surface area contributed by atoms with Crippen LogP contribution in [0, 0.1) is 17.2 Å². The van der Waals surface area contributed by atoms with Gasteiger partial charge >= 0.3 is 0 Å². The maximum absolute atomic E-state index is 12.1. The van der Waals surface area contributed by atoms with Gasteiger partial charge in [0.2, 0.25) is 0 Å². The Labute approximate surface area is 133 Å². The molecule has 1 aromatic heterocycles. The van der Waals surface area contributed by atoms with Gasteiger partial charge in [-0.15, -0.1) is 0 Å². The van der Waals surface area contributed by atoms with Gasteiger partial charge in [-0.2, -0.15) is 5.26 Å². The number of aromatic nitrogens is 1. The Hall–Kier alpha value is -1.67. The van der Waals surface area contributed by atoms with E-state index in [4.69, 9.17) is 5.26 Å². The number of nitrogens with zero attached hydrogens (tertiary/aromatic N) is 2. The van der Waals surface area contributed by atoms with Gasteiger partial charge in [0.25, 0.3) is 5.91 Å². The summed E-state index contributed by atoms with van der Waals surface area (Å²) in [4.78, 5) is 16.3. The van der Waals surface area contributed by atoms with E-state index in [1.54, 1.807) is 12.1 Å². The molecule has 1 N–H and O–H groups in total. The van der Waals surface area contributed by atoms with Crippen molar-refractivity contribution in [2.75, 3.05) is 6.54 Å². The smallest absolute Gasteiger partial charge is 0.262 e. The van der Waals surface area contributed by atoms with Gasteiger partial charge in [-0.3, -0.25) is 4.79 Å². The molecular formula is C16H18BrN3O. The number of nitriles is 1. The lowest BCUT2D eigenvalue weighted by Gasteiger charge is -2.21. The van der Waals surface area contributed by atoms with Crippen LogP contribution in [0.3, 0.4) is 0 Å². The van der Waals surface area contributed by atoms with E-state index < -0.39 is 0 Å². The van der Waals surface area contributed by atoms with E-state index in [9.17, 15) is 4.79 Å². The molecule has 1 heterocycles. The quantitative estimate of drug-likeness (QED) is 0.515. The Kier molecular flexibility index (Phi) is 5.94. The first-order valence-electron chi connectivity index (χ1n) is 7.21. The molecule has 0 spiro atoms. The van der Waals surface area contributed by atoms with Gasteiger partial charge in [-0.25, -0.2) is 4.98 Å². The van der Waals surface area contributed by atoms with Crippen molar-refractivity contribution in [1.29, 1.82) is 5.26 Å². The fourth-order valence-electron chi connectivity index (χ4n) is 2.52. The molecule has 1 aromatic rings. The van der Waals surface area contributed by atoms with Crippen molar-refractivity contribution >= 4 is 27.9 Å². The summed E-state index contributed by atoms with van der Waals surface area (Å²) < 4.78 is 0.677. The molecule has 0 atom stereocenters. The zero-order valence-corrected chi connectivity index (χ0v) is 13.4. The fraction of sp³-hybridized carbons (Fsp3) is 0.438. The van der Waals surface area contributed by atoms with E-state index in [0.717, 1.165) is 0 Å². The number of carbonyl (C=O) groups excluding carboxylic acids is 1. The number of hydrogen-bond acceptors (Lipinski definition) is 3. The lowest BCUT2D eigenvalue weighted by Crippen LogP contribution is -2.31. The number of carbonyl (C=O) groups is 1. The van der Waals surface area contributed by atoms with Gasteiger partial charge in [-0.05, 0) is 52.9 Å². The van der Waals surface area contributed by atoms with Crippen LogP contribution in [-0.4, -0.2) is 17.4 Å². The molecule has 0 radical (unpaired) electrons. The van der Waals surface area contributed by atoms with Crippen LogP contribution in [-0.2, 0) is 4.79 Å². The second-order valence-corrected chi connectivity index (χ2v) is 6.08. The summed E-state index contributed by atoms with van der Waals surface area (Å²) in [6, 6.07) is 7.33. The molecule has 1 amide bonds. The number of nitrogens with one attached hydrogen (secondary N) is 1. The van der Waals surface area contributed by atoms with Crippen LogP contribution in [0.25, 0.3) is 6.08 Å². The maximum Gasteiger partial charge on any atom is 0.262 e. The Morgan fingerprint density at radius 2 is 2.19 bits per heavy atom. The first-order valence-corrected chi connectivity index (χ1v) is 8.01. The standard InChI is InChI=1S/C16H18BrN3O/c17-15-8-4-7-14(20-15)9-13(10-18)16(21)19-11-12-5-2-1-3-6-12/h4,7-9,12H,1-3,5-6,11H2,(H,19,21)/b13-9+. The molecule has 0 bridgehead atoms. The summed E-state index contributed by atoms with van der Waals surface area (Å²) >= 11 is 3.27. The third-order valence-corrected chi connectivity index (χ3v) is 4.11. The van der Waals surface area contributed by atoms with Crippen LogP contribution < -0.4 is 5.32 Å². The minimum atomic E-state index is -0.315. The van der Waals surface area contributed by atoms with Crippen LogP contribution in [0.5, 0.6) is 0 Å². The van der Waals surface area contributed by atoms with Crippen molar-refractivity contribution in [3.05, 3.63) is 34.1 Å². The van der Waals surface area contributed by atoms with Crippen LogP contribution in [0.15, 0.2) is 28.4 Å². The molecule has 0 unspecified atom stereocenters. The molecule has 0 aromatic carbocycles. The van der Waals surface area contributed by atoms with Crippen LogP contribution >= 0.6 is 15.9 Å². The van der Waals surface area contributed by atoms with E-state index in [-0.39, 0.29) is 11.5 Å². The SMILES string of the molecule is N#C/C(=C\c1cccc(Br)n1)C(=O)NCC1CCCCC1. The van der Waals surface area contributed by atoms with Crippen molar-refractivity contribution < 1.29 is 4.79 Å². The summed E-state index contributed by atoms with van der Waals surface area (Å²) in [6.07, 6.45) is 7.62. The Bertz CT molecular complexity index is 571. The van der Waals surface area contributed by atoms with Gasteiger partial charge in [0, 0.05) is 6.54 Å². The zero-order valence-electron chi connectivity index (χ0n) is 11.8. The molecule has 21 heavy (non-hydrogen) atoms. The summed E-state index contributed by atoms with van der Waals surface area (Å²) in [5, 5.41) is 12.0. The van der Waals surface area contributed by atoms with E-state index in [1.165, 1.54) is 38.2 Å². The molecule has 0 saturated heterocycles. The summed E-state index contributed by atoms with van der Waals surface area (Å²) in [5.41, 5.74) is 0.685. The average molecular weight is 348 g/mol. The first-order chi connectivity index (χ1) is 10.2. The molecule has 1 aliphatic carbocycles. The highest BCUT2D eigenvalue weighted by molar-refractivity contribution is 9.10. The molecule has 2 rings (SSSR count). The van der Waals surface area contributed by atoms with E-state index in [0.29, 0.717) is 22.8 Å². The minimum absolute atomic E-state index is 0.0939. The summed E-state index contributed by atoms with van der Waals surface area (Å²) in [5.74, 6) is 0.233. The van der Waals surface area contributed by atoms with Gasteiger partial charge in [0.05, 0.1) is 5.69 Å². The second kappa shape index (κ2) is 7.94. The van der Waals surface area contributed by atoms with Crippen LogP contribution in [0.4, 0.5) is 0 Å². The van der Waals surface area contributed by atoms with Crippen molar-refractivity contribution in [2.24, 2.45) is 5.92 Å². The van der Waals surface area contributed by atoms with Gasteiger partial charge in [0.1, 0.15) is 16.2 Å². The van der Waals surface area contributed by atoms with E-state index in [1.807, 2.05) is 12.1 Å². The highest BCUT2D eigenvalue weighted by atomic mass is 79.9. The normalized spacial score (nSPS) is 16.3. The second-order valence-electron chi connectivity index (χ2n) is 5.27. The molecule has 4 nitrogen and oxygen atoms in total. The molecule has 1 aliphatic rings. The average Bonchev–Trinajstić information content (AvgIpc) is 2.51. The highest BCUT2D eigenvalue weighted by Gasteiger charge is 2.16. The molecule has 1 fully saturated rings. The first kappa shape index (κ1) is 15.7. The molecule has 5 heteroatoms. The highest BCUT2D eigenvalue weighted by Crippen LogP contribution is 2.22. The molecule has 1 saturated carbocycles. The number of hydrogen-bond donors (Lipinski definition) is 1. The number of halogens is 1. The van der Waals surface area contributed by atoms with Crippen molar-refractivity contribution in [1.82, 2.24) is 10.3 Å². The van der Waals surface area contributed by atoms with Crippen LogP contribution in [0.2, 0.25) is 0 Å². The topological polar surface area (TPSA) is 65.8 Å². The molecule has 110 valence electrons. The number of amides is 1. The summed E-state index contributed by atoms with van der Waals surface area (Å²) in [7, 11) is 0. The summed E-state index contributed by atoms with van der Waals surface area (Å²) in [6.45, 7) is 0.657. The monoisotopic (exact) mass is 347 g/mol. The third kappa shape index (κ3) is 4.98.